The van der Waals surface area contributed by atoms with Crippen LogP contribution in [-0.4, -0.2) is 16.2 Å². The van der Waals surface area contributed by atoms with Gasteiger partial charge in [0.2, 0.25) is 0 Å². The fourth-order valence-electron chi connectivity index (χ4n) is 2.74. The summed E-state index contributed by atoms with van der Waals surface area (Å²) >= 11 is 0. The van der Waals surface area contributed by atoms with E-state index < -0.39 is 0 Å². The molecule has 2 aromatic rings. The SMILES string of the molecule is OC1CCCCC1c1ccc2ccccc2n1. The molecular weight excluding hydrogens is 210 g/mol. The molecule has 88 valence electrons. The van der Waals surface area contributed by atoms with Crippen molar-refractivity contribution in [3.63, 3.8) is 0 Å². The summed E-state index contributed by atoms with van der Waals surface area (Å²) in [4.78, 5) is 4.69. The van der Waals surface area contributed by atoms with Crippen molar-refractivity contribution in [2.45, 2.75) is 37.7 Å². The van der Waals surface area contributed by atoms with E-state index >= 15 is 0 Å². The largest absolute Gasteiger partial charge is 0.392 e. The van der Waals surface area contributed by atoms with Crippen LogP contribution in [0.1, 0.15) is 37.3 Å². The summed E-state index contributed by atoms with van der Waals surface area (Å²) in [5, 5.41) is 11.2. The Morgan fingerprint density at radius 2 is 1.82 bits per heavy atom. The number of nitrogens with zero attached hydrogens (tertiary/aromatic N) is 1. The lowest BCUT2D eigenvalue weighted by molar-refractivity contribution is 0.104. The average Bonchev–Trinajstić information content (AvgIpc) is 2.39. The lowest BCUT2D eigenvalue weighted by Crippen LogP contribution is -2.23. The number of rotatable bonds is 1. The molecule has 2 unspecified atom stereocenters. The molecule has 1 saturated carbocycles. The highest BCUT2D eigenvalue weighted by molar-refractivity contribution is 5.78. The number of benzene rings is 1. The van der Waals surface area contributed by atoms with Gasteiger partial charge in [-0.1, -0.05) is 37.1 Å². The minimum atomic E-state index is -0.211. The smallest absolute Gasteiger partial charge is 0.0705 e. The Labute approximate surface area is 101 Å². The number of aliphatic hydroxyl groups excluding tert-OH is 1. The van der Waals surface area contributed by atoms with Crippen LogP contribution in [-0.2, 0) is 0 Å². The third-order valence-corrected chi connectivity index (χ3v) is 3.73. The third-order valence-electron chi connectivity index (χ3n) is 3.73. The molecule has 1 heterocycles. The number of hydrogen-bond donors (Lipinski definition) is 1. The summed E-state index contributed by atoms with van der Waals surface area (Å²) in [6.45, 7) is 0. The number of aromatic nitrogens is 1. The van der Waals surface area contributed by atoms with E-state index in [2.05, 4.69) is 23.2 Å². The Bertz CT molecular complexity index is 523. The lowest BCUT2D eigenvalue weighted by atomic mass is 9.84. The molecule has 1 aromatic heterocycles. The molecule has 0 aliphatic heterocycles. The first-order valence-corrected chi connectivity index (χ1v) is 6.38. The van der Waals surface area contributed by atoms with E-state index in [0.717, 1.165) is 30.5 Å². The van der Waals surface area contributed by atoms with Crippen LogP contribution in [0, 0.1) is 0 Å². The maximum absolute atomic E-state index is 10.1. The normalized spacial score (nSPS) is 25.0. The average molecular weight is 227 g/mol. The minimum Gasteiger partial charge on any atom is -0.392 e. The van der Waals surface area contributed by atoms with Gasteiger partial charge in [-0.25, -0.2) is 0 Å². The van der Waals surface area contributed by atoms with Crippen molar-refractivity contribution in [2.75, 3.05) is 0 Å². The molecule has 0 amide bonds. The van der Waals surface area contributed by atoms with Gasteiger partial charge in [-0.3, -0.25) is 4.98 Å². The van der Waals surface area contributed by atoms with Gasteiger partial charge in [-0.2, -0.15) is 0 Å². The van der Waals surface area contributed by atoms with Gasteiger partial charge in [0.05, 0.1) is 11.6 Å². The van der Waals surface area contributed by atoms with Gasteiger partial charge in [0.15, 0.2) is 0 Å². The van der Waals surface area contributed by atoms with E-state index in [-0.39, 0.29) is 12.0 Å². The molecule has 1 aliphatic rings. The zero-order valence-electron chi connectivity index (χ0n) is 9.84. The molecule has 3 rings (SSSR count). The van der Waals surface area contributed by atoms with Crippen LogP contribution in [0.25, 0.3) is 10.9 Å². The van der Waals surface area contributed by atoms with Crippen molar-refractivity contribution in [2.24, 2.45) is 0 Å². The van der Waals surface area contributed by atoms with Crippen molar-refractivity contribution >= 4 is 10.9 Å². The summed E-state index contributed by atoms with van der Waals surface area (Å²) in [6, 6.07) is 12.3. The topological polar surface area (TPSA) is 33.1 Å². The maximum Gasteiger partial charge on any atom is 0.0705 e. The molecule has 0 saturated heterocycles. The zero-order chi connectivity index (χ0) is 11.7. The van der Waals surface area contributed by atoms with Gasteiger partial charge >= 0.3 is 0 Å². The first-order valence-electron chi connectivity index (χ1n) is 6.38. The second-order valence-electron chi connectivity index (χ2n) is 4.89. The van der Waals surface area contributed by atoms with Crippen molar-refractivity contribution < 1.29 is 5.11 Å². The Balaban J connectivity index is 1.99. The molecular formula is C15H17NO. The van der Waals surface area contributed by atoms with Crippen LogP contribution in [0.3, 0.4) is 0 Å². The van der Waals surface area contributed by atoms with Gasteiger partial charge in [-0.15, -0.1) is 0 Å². The molecule has 17 heavy (non-hydrogen) atoms. The van der Waals surface area contributed by atoms with E-state index in [0.29, 0.717) is 0 Å². The van der Waals surface area contributed by atoms with Crippen molar-refractivity contribution in [1.29, 1.82) is 0 Å². The summed E-state index contributed by atoms with van der Waals surface area (Å²) in [5.74, 6) is 0.230. The molecule has 2 atom stereocenters. The minimum absolute atomic E-state index is 0.211. The maximum atomic E-state index is 10.1. The van der Waals surface area contributed by atoms with Gasteiger partial charge < -0.3 is 5.11 Å². The predicted octanol–water partition coefficient (Wildman–Crippen LogP) is 3.25. The van der Waals surface area contributed by atoms with Crippen LogP contribution in [0.15, 0.2) is 36.4 Å². The van der Waals surface area contributed by atoms with Crippen molar-refractivity contribution in [3.05, 3.63) is 42.1 Å². The summed E-state index contributed by atoms with van der Waals surface area (Å²) in [7, 11) is 0. The van der Waals surface area contributed by atoms with Crippen LogP contribution < -0.4 is 0 Å². The van der Waals surface area contributed by atoms with Crippen LogP contribution >= 0.6 is 0 Å². The summed E-state index contributed by atoms with van der Waals surface area (Å²) in [6.07, 6.45) is 4.12. The third kappa shape index (κ3) is 2.05. The Hall–Kier alpha value is -1.41. The first-order chi connectivity index (χ1) is 8.34. The Morgan fingerprint density at radius 1 is 1.00 bits per heavy atom. The number of hydrogen-bond acceptors (Lipinski definition) is 2. The molecule has 0 spiro atoms. The predicted molar refractivity (Wildman–Crippen MR) is 69.0 cm³/mol. The fraction of sp³-hybridized carbons (Fsp3) is 0.400. The number of pyridine rings is 1. The van der Waals surface area contributed by atoms with E-state index in [1.807, 2.05) is 18.2 Å². The number of para-hydroxylation sites is 1. The lowest BCUT2D eigenvalue weighted by Gasteiger charge is -2.27. The van der Waals surface area contributed by atoms with Crippen LogP contribution in [0.2, 0.25) is 0 Å². The molecule has 2 nitrogen and oxygen atoms in total. The van der Waals surface area contributed by atoms with E-state index in [1.54, 1.807) is 0 Å². The van der Waals surface area contributed by atoms with Gasteiger partial charge in [-0.05, 0) is 25.0 Å². The van der Waals surface area contributed by atoms with E-state index in [1.165, 1.54) is 11.8 Å². The molecule has 1 aliphatic carbocycles. The Morgan fingerprint density at radius 3 is 2.71 bits per heavy atom. The molecule has 0 bridgehead atoms. The highest BCUT2D eigenvalue weighted by atomic mass is 16.3. The summed E-state index contributed by atoms with van der Waals surface area (Å²) < 4.78 is 0. The molecule has 0 radical (unpaired) electrons. The van der Waals surface area contributed by atoms with E-state index in [9.17, 15) is 5.11 Å². The first kappa shape index (κ1) is 10.7. The molecule has 1 N–H and O–H groups in total. The van der Waals surface area contributed by atoms with Crippen molar-refractivity contribution in [1.82, 2.24) is 4.98 Å². The standard InChI is InChI=1S/C15H17NO/c17-15-8-4-2-6-12(15)14-10-9-11-5-1-3-7-13(11)16-14/h1,3,5,7,9-10,12,15,17H,2,4,6,8H2. The molecule has 1 fully saturated rings. The van der Waals surface area contributed by atoms with Crippen LogP contribution in [0.4, 0.5) is 0 Å². The zero-order valence-corrected chi connectivity index (χ0v) is 9.84. The fourth-order valence-corrected chi connectivity index (χ4v) is 2.74. The highest BCUT2D eigenvalue weighted by Crippen LogP contribution is 2.32. The number of fused-ring (bicyclic) bond motifs is 1. The van der Waals surface area contributed by atoms with Gasteiger partial charge in [0.1, 0.15) is 0 Å². The van der Waals surface area contributed by atoms with Gasteiger partial charge in [0.25, 0.3) is 0 Å². The van der Waals surface area contributed by atoms with Crippen LogP contribution in [0.5, 0.6) is 0 Å². The van der Waals surface area contributed by atoms with Gasteiger partial charge in [0, 0.05) is 17.0 Å². The number of aliphatic hydroxyl groups is 1. The van der Waals surface area contributed by atoms with Crippen molar-refractivity contribution in [3.8, 4) is 0 Å². The molecule has 2 heteroatoms. The summed E-state index contributed by atoms with van der Waals surface area (Å²) in [5.41, 5.74) is 2.08. The quantitative estimate of drug-likeness (QED) is 0.811. The highest BCUT2D eigenvalue weighted by Gasteiger charge is 2.25. The Kier molecular flexibility index (Phi) is 2.81. The second kappa shape index (κ2) is 4.46. The monoisotopic (exact) mass is 227 g/mol. The molecule has 1 aromatic carbocycles. The van der Waals surface area contributed by atoms with E-state index in [4.69, 9.17) is 0 Å². The second-order valence-corrected chi connectivity index (χ2v) is 4.89.